The average molecular weight is 255 g/mol. The van der Waals surface area contributed by atoms with Crippen LogP contribution in [-0.4, -0.2) is 13.6 Å². The van der Waals surface area contributed by atoms with Crippen LogP contribution in [0.4, 0.5) is 5.69 Å². The van der Waals surface area contributed by atoms with Crippen molar-refractivity contribution in [1.82, 2.24) is 0 Å². The van der Waals surface area contributed by atoms with E-state index in [2.05, 4.69) is 31.0 Å². The van der Waals surface area contributed by atoms with Gasteiger partial charge in [-0.25, -0.2) is 0 Å². The molecule has 2 N–H and O–H groups in total. The predicted octanol–water partition coefficient (Wildman–Crippen LogP) is 3.99. The minimum absolute atomic E-state index is 0.0342. The van der Waals surface area contributed by atoms with Crippen LogP contribution in [0.3, 0.4) is 0 Å². The van der Waals surface area contributed by atoms with Crippen molar-refractivity contribution in [1.29, 1.82) is 0 Å². The van der Waals surface area contributed by atoms with Gasteiger partial charge in [0, 0.05) is 19.6 Å². The van der Waals surface area contributed by atoms with E-state index in [1.807, 2.05) is 13.0 Å². The summed E-state index contributed by atoms with van der Waals surface area (Å²) in [7, 11) is 2.09. The summed E-state index contributed by atoms with van der Waals surface area (Å²) in [4.78, 5) is 2.21. The van der Waals surface area contributed by atoms with Gasteiger partial charge in [0.05, 0.1) is 10.7 Å². The summed E-state index contributed by atoms with van der Waals surface area (Å²) >= 11 is 6.28. The van der Waals surface area contributed by atoms with Crippen LogP contribution in [0.1, 0.15) is 44.7 Å². The molecule has 1 rings (SSSR count). The summed E-state index contributed by atoms with van der Waals surface area (Å²) in [5, 5.41) is 0.791. The smallest absolute Gasteiger partial charge is 0.0642 e. The predicted molar refractivity (Wildman–Crippen MR) is 76.8 cm³/mol. The lowest BCUT2D eigenvalue weighted by atomic mass is 10.1. The van der Waals surface area contributed by atoms with E-state index in [1.54, 1.807) is 0 Å². The third-order valence-electron chi connectivity index (χ3n) is 3.01. The Hall–Kier alpha value is -0.730. The molecular formula is C14H23ClN2. The molecule has 0 aliphatic rings. The molecule has 96 valence electrons. The summed E-state index contributed by atoms with van der Waals surface area (Å²) in [6, 6.07) is 6.12. The van der Waals surface area contributed by atoms with E-state index < -0.39 is 0 Å². The highest BCUT2D eigenvalue weighted by atomic mass is 35.5. The van der Waals surface area contributed by atoms with E-state index in [0.717, 1.165) is 22.8 Å². The number of nitrogens with two attached hydrogens (primary N) is 1. The molecule has 1 aromatic rings. The largest absolute Gasteiger partial charge is 0.373 e. The Balaban J connectivity index is 2.70. The number of benzene rings is 1. The van der Waals surface area contributed by atoms with Gasteiger partial charge in [-0.1, -0.05) is 37.4 Å². The van der Waals surface area contributed by atoms with Gasteiger partial charge in [-0.2, -0.15) is 0 Å². The highest BCUT2D eigenvalue weighted by Crippen LogP contribution is 2.28. The van der Waals surface area contributed by atoms with Crippen molar-refractivity contribution >= 4 is 17.3 Å². The standard InChI is InChI=1S/C14H23ClN2/c1-4-5-6-9-17(3)14-8-7-12(11(2)16)10-13(14)15/h7-8,10-11H,4-6,9,16H2,1-3H3. The van der Waals surface area contributed by atoms with Gasteiger partial charge in [-0.15, -0.1) is 0 Å². The molecule has 3 heteroatoms. The van der Waals surface area contributed by atoms with Crippen molar-refractivity contribution in [3.63, 3.8) is 0 Å². The van der Waals surface area contributed by atoms with E-state index in [1.165, 1.54) is 19.3 Å². The maximum Gasteiger partial charge on any atom is 0.0642 e. The number of anilines is 1. The summed E-state index contributed by atoms with van der Waals surface area (Å²) in [5.41, 5.74) is 8.01. The molecule has 0 saturated carbocycles. The number of halogens is 1. The molecule has 17 heavy (non-hydrogen) atoms. The van der Waals surface area contributed by atoms with E-state index in [9.17, 15) is 0 Å². The lowest BCUT2D eigenvalue weighted by molar-refractivity contribution is 0.705. The van der Waals surface area contributed by atoms with Gasteiger partial charge in [0.2, 0.25) is 0 Å². The van der Waals surface area contributed by atoms with Crippen molar-refractivity contribution in [3.8, 4) is 0 Å². The molecule has 1 aromatic carbocycles. The molecule has 0 fully saturated rings. The number of hydrogen-bond donors (Lipinski definition) is 1. The SMILES string of the molecule is CCCCCN(C)c1ccc(C(C)N)cc1Cl. The first-order valence-corrected chi connectivity index (χ1v) is 6.70. The van der Waals surface area contributed by atoms with Gasteiger partial charge in [0.15, 0.2) is 0 Å². The van der Waals surface area contributed by atoms with E-state index in [-0.39, 0.29) is 6.04 Å². The van der Waals surface area contributed by atoms with Crippen LogP contribution in [0.25, 0.3) is 0 Å². The van der Waals surface area contributed by atoms with Crippen molar-refractivity contribution in [3.05, 3.63) is 28.8 Å². The normalized spacial score (nSPS) is 12.5. The zero-order valence-corrected chi connectivity index (χ0v) is 11.8. The second kappa shape index (κ2) is 6.87. The fourth-order valence-electron chi connectivity index (χ4n) is 1.84. The van der Waals surface area contributed by atoms with E-state index >= 15 is 0 Å². The van der Waals surface area contributed by atoms with Crippen LogP contribution in [0.15, 0.2) is 18.2 Å². The van der Waals surface area contributed by atoms with Crippen molar-refractivity contribution in [2.75, 3.05) is 18.5 Å². The number of rotatable bonds is 6. The lowest BCUT2D eigenvalue weighted by Gasteiger charge is -2.21. The van der Waals surface area contributed by atoms with Gasteiger partial charge in [-0.3, -0.25) is 0 Å². The second-order valence-corrected chi connectivity index (χ2v) is 5.04. The molecule has 0 bridgehead atoms. The maximum atomic E-state index is 6.28. The molecule has 0 spiro atoms. The van der Waals surface area contributed by atoms with Crippen LogP contribution >= 0.6 is 11.6 Å². The van der Waals surface area contributed by atoms with Crippen LogP contribution in [0.2, 0.25) is 5.02 Å². The minimum Gasteiger partial charge on any atom is -0.373 e. The number of hydrogen-bond acceptors (Lipinski definition) is 2. The van der Waals surface area contributed by atoms with E-state index in [0.29, 0.717) is 0 Å². The number of nitrogens with zero attached hydrogens (tertiary/aromatic N) is 1. The zero-order valence-electron chi connectivity index (χ0n) is 11.0. The Morgan fingerprint density at radius 2 is 2.06 bits per heavy atom. The maximum absolute atomic E-state index is 6.28. The third kappa shape index (κ3) is 4.21. The molecule has 0 saturated heterocycles. The average Bonchev–Trinajstić information content (AvgIpc) is 2.28. The fraction of sp³-hybridized carbons (Fsp3) is 0.571. The van der Waals surface area contributed by atoms with Gasteiger partial charge < -0.3 is 10.6 Å². The monoisotopic (exact) mass is 254 g/mol. The van der Waals surface area contributed by atoms with E-state index in [4.69, 9.17) is 17.3 Å². The first kappa shape index (κ1) is 14.3. The van der Waals surface area contributed by atoms with Gasteiger partial charge in [0.25, 0.3) is 0 Å². The second-order valence-electron chi connectivity index (χ2n) is 4.63. The topological polar surface area (TPSA) is 29.3 Å². The zero-order chi connectivity index (χ0) is 12.8. The van der Waals surface area contributed by atoms with Crippen LogP contribution < -0.4 is 10.6 Å². The summed E-state index contributed by atoms with van der Waals surface area (Å²) in [6.45, 7) is 5.23. The Morgan fingerprint density at radius 3 is 2.59 bits per heavy atom. The molecule has 0 aromatic heterocycles. The molecule has 1 unspecified atom stereocenters. The van der Waals surface area contributed by atoms with Crippen molar-refractivity contribution < 1.29 is 0 Å². The highest BCUT2D eigenvalue weighted by molar-refractivity contribution is 6.33. The van der Waals surface area contributed by atoms with Gasteiger partial charge >= 0.3 is 0 Å². The summed E-state index contributed by atoms with van der Waals surface area (Å²) < 4.78 is 0. The van der Waals surface area contributed by atoms with Gasteiger partial charge in [-0.05, 0) is 31.0 Å². The minimum atomic E-state index is 0.0342. The quantitative estimate of drug-likeness (QED) is 0.778. The first-order valence-electron chi connectivity index (χ1n) is 6.32. The highest BCUT2D eigenvalue weighted by Gasteiger charge is 2.08. The molecule has 0 heterocycles. The Bertz CT molecular complexity index is 350. The molecule has 0 aliphatic heterocycles. The fourth-order valence-corrected chi connectivity index (χ4v) is 2.17. The Labute approximate surface area is 110 Å². The third-order valence-corrected chi connectivity index (χ3v) is 3.31. The van der Waals surface area contributed by atoms with Gasteiger partial charge in [0.1, 0.15) is 0 Å². The van der Waals surface area contributed by atoms with Crippen molar-refractivity contribution in [2.45, 2.75) is 39.2 Å². The summed E-state index contributed by atoms with van der Waals surface area (Å²) in [6.07, 6.45) is 3.71. The van der Waals surface area contributed by atoms with Crippen LogP contribution in [-0.2, 0) is 0 Å². The molecule has 1 atom stereocenters. The number of unbranched alkanes of at least 4 members (excludes halogenated alkanes) is 2. The van der Waals surface area contributed by atoms with Crippen LogP contribution in [0.5, 0.6) is 0 Å². The summed E-state index contributed by atoms with van der Waals surface area (Å²) in [5.74, 6) is 0. The molecule has 0 amide bonds. The Kier molecular flexibility index (Phi) is 5.79. The molecular weight excluding hydrogens is 232 g/mol. The molecule has 0 radical (unpaired) electrons. The van der Waals surface area contributed by atoms with Crippen LogP contribution in [0, 0.1) is 0 Å². The first-order chi connectivity index (χ1) is 8.06. The van der Waals surface area contributed by atoms with Crippen molar-refractivity contribution in [2.24, 2.45) is 5.73 Å². The molecule has 0 aliphatic carbocycles. The molecule has 2 nitrogen and oxygen atoms in total. The Morgan fingerprint density at radius 1 is 1.35 bits per heavy atom. The lowest BCUT2D eigenvalue weighted by Crippen LogP contribution is -2.19.